The van der Waals surface area contributed by atoms with E-state index in [1.165, 1.54) is 0 Å². The van der Waals surface area contributed by atoms with Crippen molar-refractivity contribution in [3.63, 3.8) is 0 Å². The van der Waals surface area contributed by atoms with E-state index in [0.29, 0.717) is 5.92 Å². The molecule has 0 amide bonds. The van der Waals surface area contributed by atoms with Gasteiger partial charge in [-0.2, -0.15) is 0 Å². The summed E-state index contributed by atoms with van der Waals surface area (Å²) in [7, 11) is 0. The molecule has 15 heavy (non-hydrogen) atoms. The lowest BCUT2D eigenvalue weighted by Gasteiger charge is -2.05. The summed E-state index contributed by atoms with van der Waals surface area (Å²) in [6.45, 7) is 14.2. The first kappa shape index (κ1) is 13.4. The minimum Gasteiger partial charge on any atom is -0.456 e. The third-order valence-corrected chi connectivity index (χ3v) is 1.78. The lowest BCUT2D eigenvalue weighted by atomic mass is 10.1. The van der Waals surface area contributed by atoms with Gasteiger partial charge in [0.2, 0.25) is 0 Å². The first-order valence-electron chi connectivity index (χ1n) is 4.87. The van der Waals surface area contributed by atoms with E-state index in [0.717, 1.165) is 12.0 Å². The summed E-state index contributed by atoms with van der Waals surface area (Å²) in [5.74, 6) is -0.0591. The Morgan fingerprint density at radius 1 is 1.67 bits per heavy atom. The highest BCUT2D eigenvalue weighted by atomic mass is 16.5. The Morgan fingerprint density at radius 3 is 2.87 bits per heavy atom. The molecule has 0 N–H and O–H groups in total. The number of allylic oxidation sites excluding steroid dienone is 2. The van der Waals surface area contributed by atoms with Crippen LogP contribution in [0, 0.1) is 12.5 Å². The highest BCUT2D eigenvalue weighted by Crippen LogP contribution is 2.08. The normalized spacial score (nSPS) is 12.7. The van der Waals surface area contributed by atoms with Crippen molar-refractivity contribution in [3.8, 4) is 0 Å². The van der Waals surface area contributed by atoms with Gasteiger partial charge in [-0.3, -0.25) is 0 Å². The number of carbonyl (C=O) groups excluding carboxylic acids is 1. The molecule has 0 fully saturated rings. The van der Waals surface area contributed by atoms with Crippen molar-refractivity contribution >= 4 is 5.97 Å². The van der Waals surface area contributed by atoms with Gasteiger partial charge in [-0.1, -0.05) is 19.1 Å². The molecule has 0 unspecified atom stereocenters. The predicted octanol–water partition coefficient (Wildman–Crippen LogP) is 2.61. The van der Waals surface area contributed by atoms with Gasteiger partial charge in [-0.25, -0.2) is 11.4 Å². The summed E-state index contributed by atoms with van der Waals surface area (Å²) in [6.07, 6.45) is 4.82. The van der Waals surface area contributed by atoms with E-state index in [1.54, 1.807) is 0 Å². The molecule has 0 aliphatic heterocycles. The number of esters is 1. The van der Waals surface area contributed by atoms with E-state index in [2.05, 4.69) is 18.3 Å². The van der Waals surface area contributed by atoms with Crippen LogP contribution in [0.3, 0.4) is 0 Å². The number of hydrogen-bond donors (Lipinski definition) is 0. The Labute approximate surface area is 91.3 Å². The van der Waals surface area contributed by atoms with Crippen LogP contribution in [-0.4, -0.2) is 19.1 Å². The number of hydrogen-bond acceptors (Lipinski definition) is 2. The van der Waals surface area contributed by atoms with Gasteiger partial charge in [0.05, 0.1) is 0 Å². The fraction of sp³-hybridized carbons (Fsp3) is 0.500. The average Bonchev–Trinajstić information content (AvgIpc) is 2.15. The van der Waals surface area contributed by atoms with Crippen LogP contribution in [0.5, 0.6) is 0 Å². The maximum atomic E-state index is 10.9. The molecule has 0 aromatic carbocycles. The van der Waals surface area contributed by atoms with Crippen LogP contribution in [0.2, 0.25) is 0 Å². The molecular weight excluding hydrogens is 190 g/mol. The van der Waals surface area contributed by atoms with Crippen molar-refractivity contribution in [1.82, 2.24) is 0 Å². The van der Waals surface area contributed by atoms with E-state index in [1.807, 2.05) is 19.1 Å². The van der Waals surface area contributed by atoms with Crippen molar-refractivity contribution in [2.75, 3.05) is 13.2 Å². The maximum Gasteiger partial charge on any atom is 0.387 e. The second-order valence-electron chi connectivity index (χ2n) is 3.49. The van der Waals surface area contributed by atoms with Gasteiger partial charge >= 0.3 is 12.5 Å². The molecule has 0 aliphatic carbocycles. The first-order chi connectivity index (χ1) is 7.10. The SMILES string of the molecule is [C-]#[N+]CC(=O)OC/C(C)=C/[C@H](C)CC=C. The van der Waals surface area contributed by atoms with Crippen LogP contribution >= 0.6 is 0 Å². The molecule has 0 aliphatic rings. The molecule has 1 atom stereocenters. The largest absolute Gasteiger partial charge is 0.456 e. The predicted molar refractivity (Wildman–Crippen MR) is 60.2 cm³/mol. The summed E-state index contributed by atoms with van der Waals surface area (Å²) in [5, 5.41) is 0. The van der Waals surface area contributed by atoms with E-state index < -0.39 is 5.97 Å². The van der Waals surface area contributed by atoms with Gasteiger partial charge in [0.25, 0.3) is 0 Å². The highest BCUT2D eigenvalue weighted by molar-refractivity contribution is 5.73. The summed E-state index contributed by atoms with van der Waals surface area (Å²) < 4.78 is 4.88. The third-order valence-electron chi connectivity index (χ3n) is 1.78. The number of carbonyl (C=O) groups is 1. The fourth-order valence-corrected chi connectivity index (χ4v) is 1.17. The molecular formula is C12H17NO2. The molecule has 0 heterocycles. The Balaban J connectivity index is 3.92. The Hall–Kier alpha value is -1.56. The summed E-state index contributed by atoms with van der Waals surface area (Å²) in [4.78, 5) is 13.8. The smallest absolute Gasteiger partial charge is 0.387 e. The van der Waals surface area contributed by atoms with E-state index in [-0.39, 0.29) is 13.2 Å². The zero-order chi connectivity index (χ0) is 11.7. The minimum atomic E-state index is -0.464. The highest BCUT2D eigenvalue weighted by Gasteiger charge is 2.05. The Morgan fingerprint density at radius 2 is 2.33 bits per heavy atom. The molecule has 0 saturated carbocycles. The first-order valence-corrected chi connectivity index (χ1v) is 4.87. The summed E-state index contributed by atoms with van der Waals surface area (Å²) >= 11 is 0. The second-order valence-corrected chi connectivity index (χ2v) is 3.49. The Kier molecular flexibility index (Phi) is 7.00. The Bertz CT molecular complexity index is 286. The zero-order valence-corrected chi connectivity index (χ0v) is 9.32. The van der Waals surface area contributed by atoms with Crippen LogP contribution in [0.4, 0.5) is 0 Å². The number of nitrogens with zero attached hydrogens (tertiary/aromatic N) is 1. The van der Waals surface area contributed by atoms with Gasteiger partial charge in [-0.15, -0.1) is 6.58 Å². The monoisotopic (exact) mass is 207 g/mol. The molecule has 0 radical (unpaired) electrons. The molecule has 82 valence electrons. The van der Waals surface area contributed by atoms with Crippen molar-refractivity contribution < 1.29 is 9.53 Å². The molecule has 0 bridgehead atoms. The second kappa shape index (κ2) is 7.81. The molecule has 0 aromatic heterocycles. The average molecular weight is 207 g/mol. The minimum absolute atomic E-state index is 0.199. The van der Waals surface area contributed by atoms with E-state index in [4.69, 9.17) is 11.3 Å². The summed E-state index contributed by atoms with van der Waals surface area (Å²) in [5.41, 5.74) is 1.00. The topological polar surface area (TPSA) is 30.7 Å². The maximum absolute atomic E-state index is 10.9. The van der Waals surface area contributed by atoms with Gasteiger partial charge in [0.1, 0.15) is 6.61 Å². The van der Waals surface area contributed by atoms with Crippen molar-refractivity contribution in [2.45, 2.75) is 20.3 Å². The van der Waals surface area contributed by atoms with Crippen LogP contribution < -0.4 is 0 Å². The van der Waals surface area contributed by atoms with Gasteiger partial charge < -0.3 is 9.58 Å². The van der Waals surface area contributed by atoms with Gasteiger partial charge in [0, 0.05) is 0 Å². The lowest BCUT2D eigenvalue weighted by Crippen LogP contribution is -2.09. The van der Waals surface area contributed by atoms with Gasteiger partial charge in [0.15, 0.2) is 0 Å². The standard InChI is InChI=1S/C12H17NO2/c1-5-6-10(2)7-11(3)9-15-12(14)8-13-4/h5,7,10H,1,6,8-9H2,2-3H3/b11-7+/t10-/m1/s1. The third kappa shape index (κ3) is 7.51. The molecule has 0 saturated heterocycles. The fourth-order valence-electron chi connectivity index (χ4n) is 1.17. The van der Waals surface area contributed by atoms with Crippen LogP contribution in [0.25, 0.3) is 4.85 Å². The van der Waals surface area contributed by atoms with Crippen LogP contribution in [-0.2, 0) is 9.53 Å². The lowest BCUT2D eigenvalue weighted by molar-refractivity contribution is -0.140. The molecule has 0 rings (SSSR count). The van der Waals surface area contributed by atoms with E-state index >= 15 is 0 Å². The van der Waals surface area contributed by atoms with Crippen LogP contribution in [0.15, 0.2) is 24.3 Å². The van der Waals surface area contributed by atoms with Crippen molar-refractivity contribution in [1.29, 1.82) is 0 Å². The van der Waals surface area contributed by atoms with E-state index in [9.17, 15) is 4.79 Å². The quantitative estimate of drug-likeness (QED) is 0.381. The number of rotatable bonds is 6. The summed E-state index contributed by atoms with van der Waals surface area (Å²) in [6, 6.07) is 0. The molecule has 0 aromatic rings. The van der Waals surface area contributed by atoms with Crippen molar-refractivity contribution in [2.24, 2.45) is 5.92 Å². The van der Waals surface area contributed by atoms with Gasteiger partial charge in [-0.05, 0) is 24.8 Å². The molecule has 0 spiro atoms. The van der Waals surface area contributed by atoms with Crippen LogP contribution in [0.1, 0.15) is 20.3 Å². The molecule has 3 nitrogen and oxygen atoms in total. The zero-order valence-electron chi connectivity index (χ0n) is 9.32. The molecule has 3 heteroatoms. The number of ether oxygens (including phenoxy) is 1. The van der Waals surface area contributed by atoms with Crippen molar-refractivity contribution in [3.05, 3.63) is 35.7 Å².